The van der Waals surface area contributed by atoms with Crippen molar-refractivity contribution in [2.24, 2.45) is 5.73 Å². The van der Waals surface area contributed by atoms with E-state index in [2.05, 4.69) is 9.69 Å². The number of benzene rings is 1. The van der Waals surface area contributed by atoms with Crippen LogP contribution in [-0.4, -0.2) is 40.3 Å². The highest BCUT2D eigenvalue weighted by atomic mass is 32.1. The zero-order chi connectivity index (χ0) is 24.1. The lowest BCUT2D eigenvalue weighted by molar-refractivity contribution is -0.123. The fourth-order valence-corrected chi connectivity index (χ4v) is 3.89. The molecule has 10 heteroatoms. The van der Waals surface area contributed by atoms with Crippen LogP contribution in [0.15, 0.2) is 24.3 Å². The summed E-state index contributed by atoms with van der Waals surface area (Å²) in [6, 6.07) is 6.08. The number of hydrogen-bond acceptors (Lipinski definition) is 7. The van der Waals surface area contributed by atoms with Crippen molar-refractivity contribution in [1.29, 1.82) is 0 Å². The smallest absolute Gasteiger partial charge is 0.272 e. The lowest BCUT2D eigenvalue weighted by Crippen LogP contribution is -2.54. The maximum absolute atomic E-state index is 13.7. The van der Waals surface area contributed by atoms with Crippen LogP contribution in [0.4, 0.5) is 11.4 Å². The number of carbonyl (C=O) groups is 3. The fraction of sp³-hybridized carbons (Fsp3) is 0.455. The molecule has 0 unspecified atom stereocenters. The monoisotopic (exact) mass is 461 g/mol. The molecule has 32 heavy (non-hydrogen) atoms. The van der Waals surface area contributed by atoms with E-state index < -0.39 is 23.4 Å². The van der Waals surface area contributed by atoms with Gasteiger partial charge in [0.1, 0.15) is 16.7 Å². The highest BCUT2D eigenvalue weighted by Gasteiger charge is 2.35. The Labute approximate surface area is 192 Å². The van der Waals surface area contributed by atoms with E-state index in [0.29, 0.717) is 30.9 Å². The van der Waals surface area contributed by atoms with Gasteiger partial charge in [-0.1, -0.05) is 13.3 Å². The second-order valence-corrected chi connectivity index (χ2v) is 9.06. The first-order chi connectivity index (χ1) is 15.0. The molecule has 0 aliphatic carbocycles. The Morgan fingerprint density at radius 2 is 1.81 bits per heavy atom. The molecule has 3 amide bonds. The van der Waals surface area contributed by atoms with E-state index in [1.54, 1.807) is 24.3 Å². The topological polar surface area (TPSA) is 141 Å². The average molecular weight is 462 g/mol. The standard InChI is InChI=1S/C22H31N5O4S/c1-6-8-15(20(29)25-22(3,4)5)27(13-9-11-14(12-10-13)31-7-2)21(30)18-16(23)17(19(24)28)26-32-18/h9-12,15H,6-8,23H2,1-5H3,(H2,24,28)(H,25,29)/t15-/m1/s1. The Morgan fingerprint density at radius 1 is 1.19 bits per heavy atom. The fourth-order valence-electron chi connectivity index (χ4n) is 3.15. The van der Waals surface area contributed by atoms with Gasteiger partial charge in [0.2, 0.25) is 5.91 Å². The first-order valence-corrected chi connectivity index (χ1v) is 11.2. The minimum Gasteiger partial charge on any atom is -0.494 e. The average Bonchev–Trinajstić information content (AvgIpc) is 3.09. The van der Waals surface area contributed by atoms with Crippen LogP contribution in [0.1, 0.15) is 67.6 Å². The van der Waals surface area contributed by atoms with Crippen molar-refractivity contribution in [2.45, 2.75) is 59.0 Å². The molecule has 0 saturated carbocycles. The van der Waals surface area contributed by atoms with Crippen LogP contribution >= 0.6 is 11.5 Å². The first kappa shape index (κ1) is 25.1. The van der Waals surface area contributed by atoms with Gasteiger partial charge in [-0.2, -0.15) is 4.37 Å². The molecule has 0 radical (unpaired) electrons. The van der Waals surface area contributed by atoms with Gasteiger partial charge < -0.3 is 21.5 Å². The van der Waals surface area contributed by atoms with Crippen molar-refractivity contribution < 1.29 is 19.1 Å². The van der Waals surface area contributed by atoms with Crippen molar-refractivity contribution in [3.8, 4) is 5.75 Å². The minimum absolute atomic E-state index is 0.0531. The Morgan fingerprint density at radius 3 is 2.28 bits per heavy atom. The van der Waals surface area contributed by atoms with Crippen molar-refractivity contribution >= 4 is 40.6 Å². The normalized spacial score (nSPS) is 12.2. The lowest BCUT2D eigenvalue weighted by atomic mass is 10.0. The summed E-state index contributed by atoms with van der Waals surface area (Å²) in [5.41, 5.74) is 11.1. The predicted octanol–water partition coefficient (Wildman–Crippen LogP) is 2.95. The van der Waals surface area contributed by atoms with Crippen LogP contribution in [0.2, 0.25) is 0 Å². The van der Waals surface area contributed by atoms with Crippen LogP contribution in [0.3, 0.4) is 0 Å². The number of ether oxygens (including phenoxy) is 1. The van der Waals surface area contributed by atoms with E-state index in [1.807, 2.05) is 34.6 Å². The summed E-state index contributed by atoms with van der Waals surface area (Å²) >= 11 is 0.784. The molecule has 1 atom stereocenters. The Hall–Kier alpha value is -3.14. The van der Waals surface area contributed by atoms with Crippen molar-refractivity contribution in [3.05, 3.63) is 34.8 Å². The zero-order valence-electron chi connectivity index (χ0n) is 19.1. The quantitative estimate of drug-likeness (QED) is 0.524. The van der Waals surface area contributed by atoms with Gasteiger partial charge in [-0.15, -0.1) is 0 Å². The molecule has 0 spiro atoms. The Balaban J connectivity index is 2.58. The predicted molar refractivity (Wildman–Crippen MR) is 126 cm³/mol. The van der Waals surface area contributed by atoms with Crippen LogP contribution in [-0.2, 0) is 4.79 Å². The highest BCUT2D eigenvalue weighted by Crippen LogP contribution is 2.30. The van der Waals surface area contributed by atoms with E-state index in [-0.39, 0.29) is 22.2 Å². The summed E-state index contributed by atoms with van der Waals surface area (Å²) in [6.45, 7) is 9.93. The number of anilines is 2. The van der Waals surface area contributed by atoms with Gasteiger partial charge in [-0.3, -0.25) is 19.3 Å². The Bertz CT molecular complexity index is 966. The number of hydrogen-bond donors (Lipinski definition) is 3. The van der Waals surface area contributed by atoms with Crippen LogP contribution in [0, 0.1) is 0 Å². The SMILES string of the molecule is CCC[C@H](C(=O)NC(C)(C)C)N(C(=O)c1snc(C(N)=O)c1N)c1ccc(OCC)cc1. The van der Waals surface area contributed by atoms with Crippen LogP contribution in [0.5, 0.6) is 5.75 Å². The number of nitrogens with one attached hydrogen (secondary N) is 1. The molecule has 0 saturated heterocycles. The summed E-state index contributed by atoms with van der Waals surface area (Å²) in [4.78, 5) is 39.9. The second kappa shape index (κ2) is 10.4. The van der Waals surface area contributed by atoms with Crippen LogP contribution in [0.25, 0.3) is 0 Å². The molecule has 0 fully saturated rings. The van der Waals surface area contributed by atoms with Gasteiger partial charge >= 0.3 is 0 Å². The van der Waals surface area contributed by atoms with E-state index in [4.69, 9.17) is 16.2 Å². The van der Waals surface area contributed by atoms with Gasteiger partial charge in [0.25, 0.3) is 11.8 Å². The molecule has 1 aromatic heterocycles. The molecule has 9 nitrogen and oxygen atoms in total. The molecule has 0 aliphatic rings. The van der Waals surface area contributed by atoms with E-state index in [0.717, 1.165) is 11.5 Å². The number of carbonyl (C=O) groups excluding carboxylic acids is 3. The molecular weight excluding hydrogens is 430 g/mol. The van der Waals surface area contributed by atoms with Gasteiger partial charge in [-0.05, 0) is 69.9 Å². The van der Waals surface area contributed by atoms with E-state index >= 15 is 0 Å². The van der Waals surface area contributed by atoms with Crippen LogP contribution < -0.4 is 26.4 Å². The molecule has 1 aromatic carbocycles. The maximum atomic E-state index is 13.7. The molecular formula is C22H31N5O4S. The third-order valence-electron chi connectivity index (χ3n) is 4.47. The largest absolute Gasteiger partial charge is 0.494 e. The number of nitrogens with two attached hydrogens (primary N) is 2. The molecule has 5 N–H and O–H groups in total. The van der Waals surface area contributed by atoms with Gasteiger partial charge in [0, 0.05) is 11.2 Å². The van der Waals surface area contributed by atoms with Gasteiger partial charge in [0.15, 0.2) is 5.69 Å². The molecule has 0 aliphatic heterocycles. The summed E-state index contributed by atoms with van der Waals surface area (Å²) in [7, 11) is 0. The lowest BCUT2D eigenvalue weighted by Gasteiger charge is -2.33. The summed E-state index contributed by atoms with van der Waals surface area (Å²) < 4.78 is 9.43. The number of amides is 3. The maximum Gasteiger partial charge on any atom is 0.272 e. The minimum atomic E-state index is -0.819. The zero-order valence-corrected chi connectivity index (χ0v) is 19.9. The molecule has 2 rings (SSSR count). The summed E-state index contributed by atoms with van der Waals surface area (Å²) in [6.07, 6.45) is 1.08. The summed E-state index contributed by atoms with van der Waals surface area (Å²) in [5, 5.41) is 2.96. The van der Waals surface area contributed by atoms with Crippen molar-refractivity contribution in [3.63, 3.8) is 0 Å². The van der Waals surface area contributed by atoms with Gasteiger partial charge in [0.05, 0.1) is 12.3 Å². The number of rotatable bonds is 9. The van der Waals surface area contributed by atoms with Crippen molar-refractivity contribution in [1.82, 2.24) is 9.69 Å². The number of nitrogen functional groups attached to an aromatic ring is 1. The number of nitrogens with zero attached hydrogens (tertiary/aromatic N) is 2. The third kappa shape index (κ3) is 5.97. The molecule has 174 valence electrons. The molecule has 1 heterocycles. The van der Waals surface area contributed by atoms with E-state index in [9.17, 15) is 14.4 Å². The Kier molecular flexibility index (Phi) is 8.20. The number of primary amides is 1. The summed E-state index contributed by atoms with van der Waals surface area (Å²) in [5.74, 6) is -0.997. The van der Waals surface area contributed by atoms with Crippen molar-refractivity contribution in [2.75, 3.05) is 17.2 Å². The number of aromatic nitrogens is 1. The first-order valence-electron chi connectivity index (χ1n) is 10.4. The highest BCUT2D eigenvalue weighted by molar-refractivity contribution is 7.09. The molecule has 2 aromatic rings. The van der Waals surface area contributed by atoms with E-state index in [1.165, 1.54) is 4.90 Å². The second-order valence-electron chi connectivity index (χ2n) is 8.28. The van der Waals surface area contributed by atoms with Gasteiger partial charge in [-0.25, -0.2) is 0 Å². The molecule has 0 bridgehead atoms. The third-order valence-corrected chi connectivity index (χ3v) is 5.33.